The summed E-state index contributed by atoms with van der Waals surface area (Å²) in [6.07, 6.45) is 5.56. The molecular weight excluding hydrogens is 254 g/mol. The molecule has 0 aliphatic rings. The number of rotatable bonds is 5. The molecule has 19 heavy (non-hydrogen) atoms. The lowest BCUT2D eigenvalue weighted by Gasteiger charge is -2.14. The van der Waals surface area contributed by atoms with Crippen LogP contribution < -0.4 is 0 Å². The molecule has 0 spiro atoms. The van der Waals surface area contributed by atoms with Gasteiger partial charge >= 0.3 is 0 Å². The standard InChI is InChI=1S/C15H23N3S/c1-10(2)6-5-7-12(4)18-14-13(17-15(18)19)8-11(3)9-16-14/h8-10,12H,5-7H2,1-4H3,(H,17,19). The summed E-state index contributed by atoms with van der Waals surface area (Å²) in [7, 11) is 0. The molecule has 1 atom stereocenters. The van der Waals surface area contributed by atoms with Gasteiger partial charge in [0.25, 0.3) is 0 Å². The van der Waals surface area contributed by atoms with E-state index in [-0.39, 0.29) is 0 Å². The van der Waals surface area contributed by atoms with Crippen LogP contribution in [-0.2, 0) is 0 Å². The number of fused-ring (bicyclic) bond motifs is 1. The predicted octanol–water partition coefficient (Wildman–Crippen LogP) is 4.79. The van der Waals surface area contributed by atoms with Gasteiger partial charge in [0.1, 0.15) is 0 Å². The fourth-order valence-electron chi connectivity index (χ4n) is 2.48. The highest BCUT2D eigenvalue weighted by molar-refractivity contribution is 7.71. The molecule has 0 fully saturated rings. The Kier molecular flexibility index (Phi) is 4.40. The van der Waals surface area contributed by atoms with Crippen molar-refractivity contribution < 1.29 is 0 Å². The first-order chi connectivity index (χ1) is 8.99. The van der Waals surface area contributed by atoms with Crippen molar-refractivity contribution in [2.45, 2.75) is 53.0 Å². The highest BCUT2D eigenvalue weighted by Crippen LogP contribution is 2.22. The number of aromatic amines is 1. The van der Waals surface area contributed by atoms with Gasteiger partial charge in [-0.2, -0.15) is 0 Å². The molecule has 2 heterocycles. The zero-order chi connectivity index (χ0) is 14.0. The second-order valence-corrected chi connectivity index (χ2v) is 6.24. The number of aryl methyl sites for hydroxylation is 1. The van der Waals surface area contributed by atoms with E-state index in [1.165, 1.54) is 12.8 Å². The quantitative estimate of drug-likeness (QED) is 0.797. The molecule has 0 aliphatic carbocycles. The third-order valence-corrected chi connectivity index (χ3v) is 3.83. The summed E-state index contributed by atoms with van der Waals surface area (Å²) in [5.74, 6) is 0.768. The summed E-state index contributed by atoms with van der Waals surface area (Å²) in [6.45, 7) is 8.82. The van der Waals surface area contributed by atoms with E-state index in [0.717, 1.165) is 33.8 Å². The van der Waals surface area contributed by atoms with Gasteiger partial charge in [-0.25, -0.2) is 4.98 Å². The van der Waals surface area contributed by atoms with Gasteiger partial charge in [0.15, 0.2) is 10.4 Å². The molecule has 0 saturated heterocycles. The van der Waals surface area contributed by atoms with Crippen molar-refractivity contribution in [3.05, 3.63) is 22.6 Å². The van der Waals surface area contributed by atoms with Gasteiger partial charge in [-0.3, -0.25) is 4.57 Å². The Morgan fingerprint density at radius 3 is 2.74 bits per heavy atom. The van der Waals surface area contributed by atoms with E-state index in [0.29, 0.717) is 6.04 Å². The van der Waals surface area contributed by atoms with E-state index < -0.39 is 0 Å². The van der Waals surface area contributed by atoms with Crippen LogP contribution in [0, 0.1) is 17.6 Å². The molecule has 0 aromatic carbocycles. The van der Waals surface area contributed by atoms with E-state index in [1.807, 2.05) is 13.1 Å². The van der Waals surface area contributed by atoms with E-state index in [9.17, 15) is 0 Å². The van der Waals surface area contributed by atoms with Crippen LogP contribution in [0.3, 0.4) is 0 Å². The minimum atomic E-state index is 0.398. The molecule has 0 saturated carbocycles. The monoisotopic (exact) mass is 277 g/mol. The Bertz CT molecular complexity index is 609. The molecule has 1 N–H and O–H groups in total. The average Bonchev–Trinajstić information content (AvgIpc) is 2.63. The molecule has 2 rings (SSSR count). The summed E-state index contributed by atoms with van der Waals surface area (Å²) in [6, 6.07) is 2.50. The molecule has 2 aromatic heterocycles. The SMILES string of the molecule is Cc1cnc2c(c1)[nH]c(=S)n2C(C)CCCC(C)C. The molecule has 0 amide bonds. The normalized spacial score (nSPS) is 13.3. The van der Waals surface area contributed by atoms with Gasteiger partial charge in [0, 0.05) is 12.2 Å². The highest BCUT2D eigenvalue weighted by atomic mass is 32.1. The van der Waals surface area contributed by atoms with Crippen LogP contribution in [0.4, 0.5) is 0 Å². The zero-order valence-electron chi connectivity index (χ0n) is 12.2. The van der Waals surface area contributed by atoms with Crippen molar-refractivity contribution in [3.63, 3.8) is 0 Å². The average molecular weight is 277 g/mol. The summed E-state index contributed by atoms with van der Waals surface area (Å²) in [4.78, 5) is 7.79. The van der Waals surface area contributed by atoms with Gasteiger partial charge in [0.2, 0.25) is 0 Å². The summed E-state index contributed by atoms with van der Waals surface area (Å²) in [5, 5.41) is 0. The van der Waals surface area contributed by atoms with Crippen molar-refractivity contribution in [2.24, 2.45) is 5.92 Å². The predicted molar refractivity (Wildman–Crippen MR) is 83.1 cm³/mol. The number of pyridine rings is 1. The summed E-state index contributed by atoms with van der Waals surface area (Å²) >= 11 is 5.44. The number of H-pyrrole nitrogens is 1. The molecular formula is C15H23N3S. The van der Waals surface area contributed by atoms with Gasteiger partial charge in [-0.1, -0.05) is 26.7 Å². The van der Waals surface area contributed by atoms with Crippen LogP contribution in [0.2, 0.25) is 0 Å². The Morgan fingerprint density at radius 1 is 1.32 bits per heavy atom. The number of hydrogen-bond acceptors (Lipinski definition) is 2. The number of aromatic nitrogens is 3. The Morgan fingerprint density at radius 2 is 2.05 bits per heavy atom. The van der Waals surface area contributed by atoms with Gasteiger partial charge < -0.3 is 4.98 Å². The van der Waals surface area contributed by atoms with Crippen LogP contribution in [0.1, 0.15) is 51.6 Å². The zero-order valence-corrected chi connectivity index (χ0v) is 13.0. The third kappa shape index (κ3) is 3.24. The van der Waals surface area contributed by atoms with Crippen LogP contribution in [0.15, 0.2) is 12.3 Å². The minimum absolute atomic E-state index is 0.398. The molecule has 0 aliphatic heterocycles. The van der Waals surface area contributed by atoms with E-state index >= 15 is 0 Å². The molecule has 0 bridgehead atoms. The number of imidazole rings is 1. The topological polar surface area (TPSA) is 33.6 Å². The maximum atomic E-state index is 5.44. The van der Waals surface area contributed by atoms with E-state index in [1.54, 1.807) is 0 Å². The maximum absolute atomic E-state index is 5.44. The van der Waals surface area contributed by atoms with Crippen molar-refractivity contribution >= 4 is 23.4 Å². The largest absolute Gasteiger partial charge is 0.329 e. The maximum Gasteiger partial charge on any atom is 0.179 e. The second kappa shape index (κ2) is 5.87. The number of hydrogen-bond donors (Lipinski definition) is 1. The van der Waals surface area contributed by atoms with Crippen LogP contribution in [-0.4, -0.2) is 14.5 Å². The van der Waals surface area contributed by atoms with E-state index in [4.69, 9.17) is 12.2 Å². The first-order valence-corrected chi connectivity index (χ1v) is 7.46. The van der Waals surface area contributed by atoms with E-state index in [2.05, 4.69) is 41.4 Å². The lowest BCUT2D eigenvalue weighted by atomic mass is 10.0. The number of nitrogens with zero attached hydrogens (tertiary/aromatic N) is 2. The van der Waals surface area contributed by atoms with Crippen LogP contribution in [0.25, 0.3) is 11.2 Å². The van der Waals surface area contributed by atoms with Crippen molar-refractivity contribution in [2.75, 3.05) is 0 Å². The Balaban J connectivity index is 2.24. The molecule has 2 aromatic rings. The highest BCUT2D eigenvalue weighted by Gasteiger charge is 2.12. The lowest BCUT2D eigenvalue weighted by Crippen LogP contribution is -2.06. The molecule has 0 radical (unpaired) electrons. The third-order valence-electron chi connectivity index (χ3n) is 3.54. The lowest BCUT2D eigenvalue weighted by molar-refractivity contribution is 0.450. The summed E-state index contributed by atoms with van der Waals surface area (Å²) in [5.41, 5.74) is 3.18. The fourth-order valence-corrected chi connectivity index (χ4v) is 2.85. The van der Waals surface area contributed by atoms with Crippen LogP contribution >= 0.6 is 12.2 Å². The molecule has 1 unspecified atom stereocenters. The Labute approximate surface area is 120 Å². The van der Waals surface area contributed by atoms with Crippen LogP contribution in [0.5, 0.6) is 0 Å². The van der Waals surface area contributed by atoms with Gasteiger partial charge in [0.05, 0.1) is 5.52 Å². The first-order valence-electron chi connectivity index (χ1n) is 7.06. The van der Waals surface area contributed by atoms with Gasteiger partial charge in [-0.15, -0.1) is 0 Å². The van der Waals surface area contributed by atoms with Gasteiger partial charge in [-0.05, 0) is 50.0 Å². The molecule has 3 nitrogen and oxygen atoms in total. The smallest absolute Gasteiger partial charge is 0.179 e. The minimum Gasteiger partial charge on any atom is -0.329 e. The van der Waals surface area contributed by atoms with Crippen molar-refractivity contribution in [1.82, 2.24) is 14.5 Å². The number of nitrogens with one attached hydrogen (secondary N) is 1. The molecule has 104 valence electrons. The molecule has 4 heteroatoms. The Hall–Kier alpha value is -1.16. The fraction of sp³-hybridized carbons (Fsp3) is 0.600. The first kappa shape index (κ1) is 14.3. The summed E-state index contributed by atoms with van der Waals surface area (Å²) < 4.78 is 2.94. The van der Waals surface area contributed by atoms with Crippen molar-refractivity contribution in [3.8, 4) is 0 Å². The second-order valence-electron chi connectivity index (χ2n) is 5.86. The van der Waals surface area contributed by atoms with Crippen molar-refractivity contribution in [1.29, 1.82) is 0 Å².